The van der Waals surface area contributed by atoms with Crippen molar-refractivity contribution in [1.82, 2.24) is 5.32 Å². The summed E-state index contributed by atoms with van der Waals surface area (Å²) in [4.78, 5) is 12.1. The fourth-order valence-corrected chi connectivity index (χ4v) is 3.12. The van der Waals surface area contributed by atoms with Crippen LogP contribution >= 0.6 is 0 Å². The Hall–Kier alpha value is -1.04. The topological polar surface area (TPSA) is 52.9 Å². The van der Waals surface area contributed by atoms with Crippen LogP contribution in [-0.2, 0) is 4.79 Å². The SMILES string of the molecule is CCCC1(CNC(=O)C2(C#N)CC(C)C2)CC1. The lowest BCUT2D eigenvalue weighted by Crippen LogP contribution is -2.49. The molecule has 3 nitrogen and oxygen atoms in total. The fraction of sp³-hybridized carbons (Fsp3) is 0.857. The van der Waals surface area contributed by atoms with Crippen molar-refractivity contribution >= 4 is 5.91 Å². The van der Waals surface area contributed by atoms with E-state index in [0.29, 0.717) is 11.3 Å². The van der Waals surface area contributed by atoms with Crippen molar-refractivity contribution in [3.05, 3.63) is 0 Å². The van der Waals surface area contributed by atoms with Gasteiger partial charge in [0.1, 0.15) is 5.41 Å². The van der Waals surface area contributed by atoms with Gasteiger partial charge in [-0.1, -0.05) is 20.3 Å². The predicted molar refractivity (Wildman–Crippen MR) is 66.0 cm³/mol. The van der Waals surface area contributed by atoms with E-state index in [1.54, 1.807) is 0 Å². The Morgan fingerprint density at radius 3 is 2.53 bits per heavy atom. The van der Waals surface area contributed by atoms with E-state index in [2.05, 4.69) is 25.2 Å². The molecule has 0 unspecified atom stereocenters. The summed E-state index contributed by atoms with van der Waals surface area (Å²) >= 11 is 0. The first-order chi connectivity index (χ1) is 8.06. The molecule has 0 atom stereocenters. The normalized spacial score (nSPS) is 33.4. The first kappa shape index (κ1) is 12.4. The molecule has 2 aliphatic carbocycles. The van der Waals surface area contributed by atoms with E-state index in [1.807, 2.05) is 0 Å². The van der Waals surface area contributed by atoms with Crippen LogP contribution in [0.4, 0.5) is 0 Å². The van der Waals surface area contributed by atoms with Crippen LogP contribution < -0.4 is 5.32 Å². The minimum absolute atomic E-state index is 0.0273. The molecule has 0 spiro atoms. The third kappa shape index (κ3) is 2.31. The minimum atomic E-state index is -0.707. The van der Waals surface area contributed by atoms with E-state index in [4.69, 9.17) is 5.26 Å². The van der Waals surface area contributed by atoms with Crippen LogP contribution in [0, 0.1) is 28.1 Å². The van der Waals surface area contributed by atoms with E-state index in [-0.39, 0.29) is 5.91 Å². The van der Waals surface area contributed by atoms with Gasteiger partial charge in [0.05, 0.1) is 6.07 Å². The quantitative estimate of drug-likeness (QED) is 0.795. The lowest BCUT2D eigenvalue weighted by Gasteiger charge is -2.39. The zero-order chi connectivity index (χ0) is 12.5. The first-order valence-electron chi connectivity index (χ1n) is 6.75. The summed E-state index contributed by atoms with van der Waals surface area (Å²) in [6.45, 7) is 5.06. The molecule has 0 bridgehead atoms. The van der Waals surface area contributed by atoms with Crippen molar-refractivity contribution in [2.45, 2.75) is 52.4 Å². The van der Waals surface area contributed by atoms with Gasteiger partial charge in [-0.05, 0) is 43.4 Å². The summed E-state index contributed by atoms with van der Waals surface area (Å²) < 4.78 is 0. The van der Waals surface area contributed by atoms with Crippen LogP contribution in [0.15, 0.2) is 0 Å². The monoisotopic (exact) mass is 234 g/mol. The van der Waals surface area contributed by atoms with Crippen molar-refractivity contribution in [2.24, 2.45) is 16.7 Å². The molecule has 2 saturated carbocycles. The van der Waals surface area contributed by atoms with Crippen LogP contribution in [-0.4, -0.2) is 12.5 Å². The second-order valence-electron chi connectivity index (χ2n) is 6.14. The molecule has 1 N–H and O–H groups in total. The molecule has 0 aliphatic heterocycles. The molecule has 3 heteroatoms. The smallest absolute Gasteiger partial charge is 0.240 e. The average molecular weight is 234 g/mol. The average Bonchev–Trinajstić information content (AvgIpc) is 3.02. The van der Waals surface area contributed by atoms with Gasteiger partial charge in [0.2, 0.25) is 5.91 Å². The number of hydrogen-bond donors (Lipinski definition) is 1. The molecule has 2 rings (SSSR count). The zero-order valence-electron chi connectivity index (χ0n) is 10.9. The summed E-state index contributed by atoms with van der Waals surface area (Å²) in [6.07, 6.45) is 6.31. The Balaban J connectivity index is 1.84. The van der Waals surface area contributed by atoms with Crippen molar-refractivity contribution < 1.29 is 4.79 Å². The molecule has 0 saturated heterocycles. The summed E-state index contributed by atoms with van der Waals surface area (Å²) in [7, 11) is 0. The van der Waals surface area contributed by atoms with Crippen molar-refractivity contribution in [2.75, 3.05) is 6.54 Å². The highest BCUT2D eigenvalue weighted by atomic mass is 16.2. The number of carbonyl (C=O) groups is 1. The number of carbonyl (C=O) groups excluding carboxylic acids is 1. The molecule has 94 valence electrons. The Morgan fingerprint density at radius 2 is 2.12 bits per heavy atom. The summed E-state index contributed by atoms with van der Waals surface area (Å²) in [5.74, 6) is 0.492. The van der Waals surface area contributed by atoms with Crippen molar-refractivity contribution in [3.63, 3.8) is 0 Å². The predicted octanol–water partition coefficient (Wildman–Crippen LogP) is 2.62. The van der Waals surface area contributed by atoms with E-state index < -0.39 is 5.41 Å². The molecular weight excluding hydrogens is 212 g/mol. The van der Waals surface area contributed by atoms with Crippen LogP contribution in [0.5, 0.6) is 0 Å². The Kier molecular flexibility index (Phi) is 3.16. The highest BCUT2D eigenvalue weighted by Gasteiger charge is 2.50. The van der Waals surface area contributed by atoms with Gasteiger partial charge in [0.15, 0.2) is 0 Å². The van der Waals surface area contributed by atoms with Crippen molar-refractivity contribution in [1.29, 1.82) is 5.26 Å². The number of amides is 1. The number of nitrogens with one attached hydrogen (secondary N) is 1. The summed E-state index contributed by atoms with van der Waals surface area (Å²) in [5, 5.41) is 12.2. The molecule has 0 aromatic rings. The van der Waals surface area contributed by atoms with E-state index in [1.165, 1.54) is 25.7 Å². The van der Waals surface area contributed by atoms with Gasteiger partial charge in [-0.3, -0.25) is 4.79 Å². The lowest BCUT2D eigenvalue weighted by molar-refractivity contribution is -0.134. The second kappa shape index (κ2) is 4.33. The van der Waals surface area contributed by atoms with Crippen LogP contribution in [0.3, 0.4) is 0 Å². The van der Waals surface area contributed by atoms with Gasteiger partial charge in [-0.2, -0.15) is 5.26 Å². The summed E-state index contributed by atoms with van der Waals surface area (Å²) in [5.41, 5.74) is -0.335. The largest absolute Gasteiger partial charge is 0.354 e. The lowest BCUT2D eigenvalue weighted by atomic mass is 9.63. The Morgan fingerprint density at radius 1 is 1.47 bits per heavy atom. The number of nitriles is 1. The number of rotatable bonds is 5. The molecule has 0 aromatic heterocycles. The zero-order valence-corrected chi connectivity index (χ0v) is 10.9. The van der Waals surface area contributed by atoms with Gasteiger partial charge in [0.25, 0.3) is 0 Å². The second-order valence-corrected chi connectivity index (χ2v) is 6.14. The maximum atomic E-state index is 12.1. The van der Waals surface area contributed by atoms with Crippen LogP contribution in [0.25, 0.3) is 0 Å². The van der Waals surface area contributed by atoms with Gasteiger partial charge >= 0.3 is 0 Å². The van der Waals surface area contributed by atoms with E-state index in [9.17, 15) is 4.79 Å². The molecule has 0 aromatic carbocycles. The maximum absolute atomic E-state index is 12.1. The highest BCUT2D eigenvalue weighted by molar-refractivity contribution is 5.86. The molecule has 2 fully saturated rings. The van der Waals surface area contributed by atoms with Gasteiger partial charge in [0, 0.05) is 6.54 Å². The third-order valence-electron chi connectivity index (χ3n) is 4.40. The summed E-state index contributed by atoms with van der Waals surface area (Å²) in [6, 6.07) is 2.22. The minimum Gasteiger partial charge on any atom is -0.354 e. The number of hydrogen-bond acceptors (Lipinski definition) is 2. The molecule has 0 heterocycles. The van der Waals surface area contributed by atoms with Gasteiger partial charge in [-0.15, -0.1) is 0 Å². The first-order valence-corrected chi connectivity index (χ1v) is 6.75. The van der Waals surface area contributed by atoms with E-state index in [0.717, 1.165) is 19.4 Å². The molecular formula is C14H22N2O. The maximum Gasteiger partial charge on any atom is 0.240 e. The standard InChI is InChI=1S/C14H22N2O/c1-3-4-13(5-6-13)10-16-12(17)14(9-15)7-11(2)8-14/h11H,3-8,10H2,1-2H3,(H,16,17). The van der Waals surface area contributed by atoms with Crippen LogP contribution in [0.1, 0.15) is 52.4 Å². The van der Waals surface area contributed by atoms with Gasteiger partial charge in [-0.25, -0.2) is 0 Å². The molecule has 1 amide bonds. The van der Waals surface area contributed by atoms with Gasteiger partial charge < -0.3 is 5.32 Å². The third-order valence-corrected chi connectivity index (χ3v) is 4.40. The molecule has 17 heavy (non-hydrogen) atoms. The number of nitrogens with zero attached hydrogens (tertiary/aromatic N) is 1. The highest BCUT2D eigenvalue weighted by Crippen LogP contribution is 2.50. The fourth-order valence-electron chi connectivity index (χ4n) is 3.12. The van der Waals surface area contributed by atoms with Crippen LogP contribution in [0.2, 0.25) is 0 Å². The Bertz CT molecular complexity index is 346. The molecule has 0 radical (unpaired) electrons. The molecule has 2 aliphatic rings. The van der Waals surface area contributed by atoms with E-state index >= 15 is 0 Å². The van der Waals surface area contributed by atoms with Crippen molar-refractivity contribution in [3.8, 4) is 6.07 Å². The Labute approximate surface area is 104 Å².